The molecule has 0 bridgehead atoms. The molecule has 2 unspecified atom stereocenters. The summed E-state index contributed by atoms with van der Waals surface area (Å²) in [5, 5.41) is 4.01. The highest BCUT2D eigenvalue weighted by atomic mass is 16.5. The van der Waals surface area contributed by atoms with E-state index in [9.17, 15) is 0 Å². The van der Waals surface area contributed by atoms with Crippen LogP contribution in [-0.4, -0.2) is 25.3 Å². The second-order valence-electron chi connectivity index (χ2n) is 8.50. The van der Waals surface area contributed by atoms with Crippen LogP contribution in [0.4, 0.5) is 0 Å². The molecule has 2 atom stereocenters. The molecule has 0 amide bonds. The first-order chi connectivity index (χ1) is 10.1. The molecule has 0 aromatic rings. The van der Waals surface area contributed by atoms with Crippen LogP contribution in [0.3, 0.4) is 0 Å². The van der Waals surface area contributed by atoms with Gasteiger partial charge in [-0.2, -0.15) is 0 Å². The molecule has 1 spiro atoms. The van der Waals surface area contributed by atoms with Crippen molar-refractivity contribution in [2.24, 2.45) is 16.7 Å². The number of nitrogens with one attached hydrogen (secondary N) is 1. The van der Waals surface area contributed by atoms with E-state index in [0.717, 1.165) is 18.6 Å². The molecule has 3 saturated carbocycles. The Kier molecular flexibility index (Phi) is 4.66. The van der Waals surface area contributed by atoms with Gasteiger partial charge in [0, 0.05) is 24.6 Å². The lowest BCUT2D eigenvalue weighted by molar-refractivity contribution is -0.174. The van der Waals surface area contributed by atoms with Gasteiger partial charge in [-0.15, -0.1) is 0 Å². The molecule has 0 saturated heterocycles. The summed E-state index contributed by atoms with van der Waals surface area (Å²) in [5.74, 6) is 0.833. The molecule has 3 aliphatic carbocycles. The van der Waals surface area contributed by atoms with E-state index < -0.39 is 0 Å². The highest BCUT2D eigenvalue weighted by molar-refractivity contribution is 5.12. The maximum Gasteiger partial charge on any atom is 0.0661 e. The van der Waals surface area contributed by atoms with Gasteiger partial charge in [-0.05, 0) is 56.8 Å². The lowest BCUT2D eigenvalue weighted by Crippen LogP contribution is -2.67. The van der Waals surface area contributed by atoms with Gasteiger partial charge in [0.1, 0.15) is 0 Å². The van der Waals surface area contributed by atoms with Gasteiger partial charge in [0.2, 0.25) is 0 Å². The maximum absolute atomic E-state index is 5.99. The predicted molar refractivity (Wildman–Crippen MR) is 88.5 cm³/mol. The molecule has 0 heterocycles. The van der Waals surface area contributed by atoms with Crippen LogP contribution >= 0.6 is 0 Å². The Balaban J connectivity index is 1.55. The van der Waals surface area contributed by atoms with Crippen LogP contribution in [0.25, 0.3) is 0 Å². The molecule has 0 aromatic carbocycles. The molecular formula is C19H35NO. The number of hydrogen-bond acceptors (Lipinski definition) is 2. The van der Waals surface area contributed by atoms with E-state index >= 15 is 0 Å². The molecule has 2 nitrogen and oxygen atoms in total. The fourth-order valence-corrected chi connectivity index (χ4v) is 5.51. The summed E-state index contributed by atoms with van der Waals surface area (Å²) in [6, 6.07) is 0.743. The van der Waals surface area contributed by atoms with Crippen LogP contribution in [0.1, 0.15) is 78.6 Å². The Morgan fingerprint density at radius 1 is 1.10 bits per heavy atom. The summed E-state index contributed by atoms with van der Waals surface area (Å²) in [7, 11) is 0. The first-order valence-corrected chi connectivity index (χ1v) is 9.45. The predicted octanol–water partition coefficient (Wildman–Crippen LogP) is 4.53. The van der Waals surface area contributed by atoms with Gasteiger partial charge in [0.05, 0.1) is 6.10 Å². The molecule has 3 aliphatic rings. The van der Waals surface area contributed by atoms with E-state index in [1.807, 2.05) is 0 Å². The normalized spacial score (nSPS) is 33.1. The van der Waals surface area contributed by atoms with E-state index in [2.05, 4.69) is 26.1 Å². The van der Waals surface area contributed by atoms with Crippen molar-refractivity contribution < 1.29 is 4.74 Å². The molecule has 122 valence electrons. The van der Waals surface area contributed by atoms with Gasteiger partial charge in [-0.1, -0.05) is 33.1 Å². The fourth-order valence-electron chi connectivity index (χ4n) is 5.51. The van der Waals surface area contributed by atoms with Crippen molar-refractivity contribution in [3.8, 4) is 0 Å². The monoisotopic (exact) mass is 293 g/mol. The average Bonchev–Trinajstić information content (AvgIpc) is 2.78. The van der Waals surface area contributed by atoms with Gasteiger partial charge < -0.3 is 10.1 Å². The standard InChI is InChI=1S/C19H35NO/c1-4-21-17-12-16(19(17)10-7-11-19)20-14-18(13-15(2)3)8-5-6-9-18/h15-17,20H,4-14H2,1-3H3. The Morgan fingerprint density at radius 3 is 2.33 bits per heavy atom. The van der Waals surface area contributed by atoms with Gasteiger partial charge in [-0.25, -0.2) is 0 Å². The third-order valence-electron chi connectivity index (χ3n) is 6.67. The van der Waals surface area contributed by atoms with E-state index in [0.29, 0.717) is 16.9 Å². The van der Waals surface area contributed by atoms with Crippen molar-refractivity contribution >= 4 is 0 Å². The minimum Gasteiger partial charge on any atom is -0.378 e. The van der Waals surface area contributed by atoms with E-state index in [1.165, 1.54) is 64.3 Å². The molecule has 3 rings (SSSR count). The first kappa shape index (κ1) is 15.8. The summed E-state index contributed by atoms with van der Waals surface area (Å²) in [6.07, 6.45) is 13.2. The van der Waals surface area contributed by atoms with Crippen LogP contribution in [0.15, 0.2) is 0 Å². The van der Waals surface area contributed by atoms with Crippen LogP contribution in [0, 0.1) is 16.7 Å². The second kappa shape index (κ2) is 6.20. The summed E-state index contributed by atoms with van der Waals surface area (Å²) >= 11 is 0. The smallest absolute Gasteiger partial charge is 0.0661 e. The van der Waals surface area contributed by atoms with Gasteiger partial charge in [-0.3, -0.25) is 0 Å². The zero-order valence-electron chi connectivity index (χ0n) is 14.4. The quantitative estimate of drug-likeness (QED) is 0.744. The first-order valence-electron chi connectivity index (χ1n) is 9.45. The highest BCUT2D eigenvalue weighted by Crippen LogP contribution is 2.57. The third-order valence-corrected chi connectivity index (χ3v) is 6.67. The Bertz CT molecular complexity index is 341. The number of ether oxygens (including phenoxy) is 1. The van der Waals surface area contributed by atoms with E-state index in [-0.39, 0.29) is 0 Å². The summed E-state index contributed by atoms with van der Waals surface area (Å²) in [4.78, 5) is 0. The van der Waals surface area contributed by atoms with Crippen molar-refractivity contribution in [3.05, 3.63) is 0 Å². The van der Waals surface area contributed by atoms with E-state index in [4.69, 9.17) is 4.74 Å². The summed E-state index contributed by atoms with van der Waals surface area (Å²) in [5.41, 5.74) is 1.13. The average molecular weight is 293 g/mol. The Hall–Kier alpha value is -0.0800. The Labute approximate surface area is 131 Å². The molecule has 0 aromatic heterocycles. The van der Waals surface area contributed by atoms with Crippen LogP contribution in [0.5, 0.6) is 0 Å². The highest BCUT2D eigenvalue weighted by Gasteiger charge is 2.58. The molecule has 1 N–H and O–H groups in total. The molecule has 2 heteroatoms. The minimum absolute atomic E-state index is 0.521. The zero-order chi connectivity index (χ0) is 14.9. The van der Waals surface area contributed by atoms with E-state index in [1.54, 1.807) is 0 Å². The zero-order valence-corrected chi connectivity index (χ0v) is 14.4. The van der Waals surface area contributed by atoms with Gasteiger partial charge >= 0.3 is 0 Å². The van der Waals surface area contributed by atoms with Crippen LogP contribution in [0.2, 0.25) is 0 Å². The fraction of sp³-hybridized carbons (Fsp3) is 1.00. The molecular weight excluding hydrogens is 258 g/mol. The lowest BCUT2D eigenvalue weighted by Gasteiger charge is -2.61. The molecule has 3 fully saturated rings. The molecule has 0 aliphatic heterocycles. The third kappa shape index (κ3) is 2.91. The van der Waals surface area contributed by atoms with Gasteiger partial charge in [0.25, 0.3) is 0 Å². The SMILES string of the molecule is CCOC1CC(NCC2(CC(C)C)CCCC2)C12CCC2. The summed E-state index contributed by atoms with van der Waals surface area (Å²) in [6.45, 7) is 9.07. The largest absolute Gasteiger partial charge is 0.378 e. The van der Waals surface area contributed by atoms with Crippen molar-refractivity contribution in [2.45, 2.75) is 90.7 Å². The Morgan fingerprint density at radius 2 is 1.81 bits per heavy atom. The van der Waals surface area contributed by atoms with Crippen molar-refractivity contribution in [2.75, 3.05) is 13.2 Å². The molecule has 21 heavy (non-hydrogen) atoms. The second-order valence-corrected chi connectivity index (χ2v) is 8.50. The van der Waals surface area contributed by atoms with Crippen LogP contribution < -0.4 is 5.32 Å². The van der Waals surface area contributed by atoms with Crippen molar-refractivity contribution in [1.82, 2.24) is 5.32 Å². The number of rotatable bonds is 7. The van der Waals surface area contributed by atoms with Crippen molar-refractivity contribution in [3.63, 3.8) is 0 Å². The minimum atomic E-state index is 0.521. The maximum atomic E-state index is 5.99. The van der Waals surface area contributed by atoms with Gasteiger partial charge in [0.15, 0.2) is 0 Å². The lowest BCUT2D eigenvalue weighted by atomic mass is 9.51. The molecule has 0 radical (unpaired) electrons. The number of hydrogen-bond donors (Lipinski definition) is 1. The van der Waals surface area contributed by atoms with Crippen LogP contribution in [-0.2, 0) is 4.74 Å². The summed E-state index contributed by atoms with van der Waals surface area (Å²) < 4.78 is 5.99. The van der Waals surface area contributed by atoms with Crippen molar-refractivity contribution in [1.29, 1.82) is 0 Å². The topological polar surface area (TPSA) is 21.3 Å².